The molecule has 1 aliphatic rings. The van der Waals surface area contributed by atoms with Crippen LogP contribution in [0.25, 0.3) is 0 Å². The van der Waals surface area contributed by atoms with E-state index in [4.69, 9.17) is 16.3 Å². The number of rotatable bonds is 4. The third-order valence-corrected chi connectivity index (χ3v) is 4.06. The number of nitrogens with zero attached hydrogens (tertiary/aromatic N) is 1. The van der Waals surface area contributed by atoms with Gasteiger partial charge in [0.2, 0.25) is 5.91 Å². The van der Waals surface area contributed by atoms with Gasteiger partial charge in [-0.15, -0.1) is 0 Å². The second-order valence-corrected chi connectivity index (χ2v) is 5.93. The first-order valence-electron chi connectivity index (χ1n) is 7.54. The average Bonchev–Trinajstić information content (AvgIpc) is 2.54. The Bertz CT molecular complexity index is 874. The predicted octanol–water partition coefficient (Wildman–Crippen LogP) is 1.22. The normalized spacial score (nSPS) is 16.1. The highest BCUT2D eigenvalue weighted by molar-refractivity contribution is 6.30. The lowest BCUT2D eigenvalue weighted by Crippen LogP contribution is -2.34. The summed E-state index contributed by atoms with van der Waals surface area (Å²) >= 11 is 6.01. The van der Waals surface area contributed by atoms with Crippen LogP contribution in [0.4, 0.5) is 0 Å². The zero-order chi connectivity index (χ0) is 17.1. The Hall–Kier alpha value is -2.54. The van der Waals surface area contributed by atoms with Crippen LogP contribution in [0.5, 0.6) is 5.75 Å². The number of aryl methyl sites for hydroxylation is 1. The Morgan fingerprint density at radius 1 is 1.38 bits per heavy atom. The highest BCUT2D eigenvalue weighted by atomic mass is 35.5. The van der Waals surface area contributed by atoms with E-state index in [1.54, 1.807) is 18.2 Å². The maximum absolute atomic E-state index is 12.2. The highest BCUT2D eigenvalue weighted by Crippen LogP contribution is 2.33. The zero-order valence-corrected chi connectivity index (χ0v) is 13.5. The van der Waals surface area contributed by atoms with Crippen LogP contribution in [0.2, 0.25) is 5.02 Å². The molecule has 2 heterocycles. The van der Waals surface area contributed by atoms with E-state index in [2.05, 4.69) is 10.3 Å². The van der Waals surface area contributed by atoms with Crippen molar-refractivity contribution in [2.45, 2.75) is 25.4 Å². The maximum atomic E-state index is 12.2. The van der Waals surface area contributed by atoms with Crippen molar-refractivity contribution in [1.82, 2.24) is 14.9 Å². The molecule has 0 aliphatic carbocycles. The second kappa shape index (κ2) is 6.92. The Morgan fingerprint density at radius 2 is 2.21 bits per heavy atom. The molecule has 1 amide bonds. The van der Waals surface area contributed by atoms with Crippen LogP contribution < -0.4 is 21.3 Å². The average molecular weight is 350 g/mol. The number of carbonyl (C=O) groups excluding carboxylic acids is 1. The van der Waals surface area contributed by atoms with Gasteiger partial charge in [0.05, 0.1) is 12.6 Å². The number of halogens is 1. The molecule has 1 unspecified atom stereocenters. The lowest BCUT2D eigenvalue weighted by molar-refractivity contribution is -0.122. The Labute approximate surface area is 142 Å². The van der Waals surface area contributed by atoms with Crippen molar-refractivity contribution in [3.05, 3.63) is 61.9 Å². The van der Waals surface area contributed by atoms with E-state index in [0.29, 0.717) is 23.8 Å². The SMILES string of the molecule is O=C(CCn1ccc(=O)[nH]c1=O)NC1CCOc2ccc(Cl)cc21. The number of carbonyl (C=O) groups is 1. The smallest absolute Gasteiger partial charge is 0.328 e. The van der Waals surface area contributed by atoms with Crippen LogP contribution in [-0.4, -0.2) is 22.1 Å². The second-order valence-electron chi connectivity index (χ2n) is 5.49. The van der Waals surface area contributed by atoms with E-state index in [9.17, 15) is 14.4 Å². The number of aromatic nitrogens is 2. The van der Waals surface area contributed by atoms with Crippen molar-refractivity contribution in [1.29, 1.82) is 0 Å². The summed E-state index contributed by atoms with van der Waals surface area (Å²) in [6.07, 6.45) is 2.15. The molecular formula is C16H16ClN3O4. The summed E-state index contributed by atoms with van der Waals surface area (Å²) < 4.78 is 6.84. The minimum absolute atomic E-state index is 0.124. The van der Waals surface area contributed by atoms with Crippen LogP contribution in [-0.2, 0) is 11.3 Å². The first-order chi connectivity index (χ1) is 11.5. The summed E-state index contributed by atoms with van der Waals surface area (Å²) in [5, 5.41) is 3.52. The van der Waals surface area contributed by atoms with Gasteiger partial charge in [0.25, 0.3) is 5.56 Å². The third kappa shape index (κ3) is 3.68. The lowest BCUT2D eigenvalue weighted by Gasteiger charge is -2.27. The monoisotopic (exact) mass is 349 g/mol. The molecular weight excluding hydrogens is 334 g/mol. The molecule has 126 valence electrons. The van der Waals surface area contributed by atoms with Crippen LogP contribution in [0.3, 0.4) is 0 Å². The van der Waals surface area contributed by atoms with Crippen molar-refractivity contribution < 1.29 is 9.53 Å². The quantitative estimate of drug-likeness (QED) is 0.868. The van der Waals surface area contributed by atoms with Gasteiger partial charge in [-0.25, -0.2) is 4.79 Å². The van der Waals surface area contributed by atoms with Gasteiger partial charge in [-0.05, 0) is 18.2 Å². The van der Waals surface area contributed by atoms with Gasteiger partial charge in [-0.1, -0.05) is 11.6 Å². The molecule has 8 heteroatoms. The molecule has 0 radical (unpaired) electrons. The summed E-state index contributed by atoms with van der Waals surface area (Å²) in [7, 11) is 0. The molecule has 0 saturated carbocycles. The molecule has 0 bridgehead atoms. The molecule has 1 aromatic carbocycles. The van der Waals surface area contributed by atoms with Crippen LogP contribution in [0, 0.1) is 0 Å². The molecule has 3 rings (SSSR count). The molecule has 0 spiro atoms. The number of H-pyrrole nitrogens is 1. The van der Waals surface area contributed by atoms with Gasteiger partial charge in [0.1, 0.15) is 5.75 Å². The van der Waals surface area contributed by atoms with Crippen molar-refractivity contribution in [2.24, 2.45) is 0 Å². The molecule has 1 aliphatic heterocycles. The summed E-state index contributed by atoms with van der Waals surface area (Å²) in [5.74, 6) is 0.527. The highest BCUT2D eigenvalue weighted by Gasteiger charge is 2.23. The van der Waals surface area contributed by atoms with Gasteiger partial charge in [-0.2, -0.15) is 0 Å². The molecule has 2 aromatic rings. The van der Waals surface area contributed by atoms with Crippen molar-refractivity contribution >= 4 is 17.5 Å². The minimum atomic E-state index is -0.529. The van der Waals surface area contributed by atoms with Crippen molar-refractivity contribution in [3.8, 4) is 5.75 Å². The molecule has 1 aromatic heterocycles. The van der Waals surface area contributed by atoms with Gasteiger partial charge in [-0.3, -0.25) is 14.6 Å². The topological polar surface area (TPSA) is 93.2 Å². The molecule has 1 atom stereocenters. The molecule has 0 fully saturated rings. The number of ether oxygens (including phenoxy) is 1. The molecule has 2 N–H and O–H groups in total. The molecule has 7 nitrogen and oxygen atoms in total. The third-order valence-electron chi connectivity index (χ3n) is 3.82. The van der Waals surface area contributed by atoms with Crippen LogP contribution in [0.1, 0.15) is 24.4 Å². The Morgan fingerprint density at radius 3 is 3.00 bits per heavy atom. The van der Waals surface area contributed by atoms with Gasteiger partial charge < -0.3 is 14.6 Å². The minimum Gasteiger partial charge on any atom is -0.493 e. The zero-order valence-electron chi connectivity index (χ0n) is 12.8. The Balaban J connectivity index is 1.65. The predicted molar refractivity (Wildman–Crippen MR) is 88.4 cm³/mol. The largest absolute Gasteiger partial charge is 0.493 e. The van der Waals surface area contributed by atoms with Gasteiger partial charge in [0, 0.05) is 42.2 Å². The van der Waals surface area contributed by atoms with Gasteiger partial charge >= 0.3 is 5.69 Å². The lowest BCUT2D eigenvalue weighted by atomic mass is 10.0. The van der Waals surface area contributed by atoms with Crippen LogP contribution >= 0.6 is 11.6 Å². The summed E-state index contributed by atoms with van der Waals surface area (Å²) in [6.45, 7) is 0.700. The Kier molecular flexibility index (Phi) is 4.71. The molecule has 24 heavy (non-hydrogen) atoms. The van der Waals surface area contributed by atoms with E-state index < -0.39 is 11.2 Å². The molecule has 0 saturated heterocycles. The number of hydrogen-bond acceptors (Lipinski definition) is 4. The van der Waals surface area contributed by atoms with Crippen molar-refractivity contribution in [2.75, 3.05) is 6.61 Å². The first-order valence-corrected chi connectivity index (χ1v) is 7.92. The van der Waals surface area contributed by atoms with E-state index >= 15 is 0 Å². The van der Waals surface area contributed by atoms with Crippen LogP contribution in [0.15, 0.2) is 40.1 Å². The number of nitrogens with one attached hydrogen (secondary N) is 2. The van der Waals surface area contributed by atoms with E-state index in [-0.39, 0.29) is 24.9 Å². The number of amides is 1. The number of aromatic amines is 1. The summed E-state index contributed by atoms with van der Waals surface area (Å²) in [6, 6.07) is 6.39. The first kappa shape index (κ1) is 16.3. The summed E-state index contributed by atoms with van der Waals surface area (Å²) in [5.41, 5.74) is -0.141. The number of benzene rings is 1. The number of fused-ring (bicyclic) bond motifs is 1. The maximum Gasteiger partial charge on any atom is 0.328 e. The number of hydrogen-bond donors (Lipinski definition) is 2. The standard InChI is InChI=1S/C16H16ClN3O4/c17-10-1-2-13-11(9-10)12(5-8-24-13)18-14(21)3-6-20-7-4-15(22)19-16(20)23/h1-2,4,7,9,12H,3,5-6,8H2,(H,18,21)(H,19,22,23). The van der Waals surface area contributed by atoms with E-state index in [1.807, 2.05) is 0 Å². The van der Waals surface area contributed by atoms with E-state index in [1.165, 1.54) is 16.8 Å². The fourth-order valence-corrected chi connectivity index (χ4v) is 2.80. The summed E-state index contributed by atoms with van der Waals surface area (Å²) in [4.78, 5) is 36.9. The van der Waals surface area contributed by atoms with Gasteiger partial charge in [0.15, 0.2) is 0 Å². The van der Waals surface area contributed by atoms with E-state index in [0.717, 1.165) is 5.56 Å². The fourth-order valence-electron chi connectivity index (χ4n) is 2.62. The van der Waals surface area contributed by atoms with Crippen molar-refractivity contribution in [3.63, 3.8) is 0 Å². The fraction of sp³-hybridized carbons (Fsp3) is 0.312.